The summed E-state index contributed by atoms with van der Waals surface area (Å²) in [6, 6.07) is 21.9. The van der Waals surface area contributed by atoms with Gasteiger partial charge >= 0.3 is 0 Å². The third-order valence-corrected chi connectivity index (χ3v) is 4.82. The van der Waals surface area contributed by atoms with E-state index in [0.717, 1.165) is 39.2 Å². The van der Waals surface area contributed by atoms with E-state index >= 15 is 0 Å². The van der Waals surface area contributed by atoms with E-state index in [9.17, 15) is 5.11 Å². The predicted molar refractivity (Wildman–Crippen MR) is 115 cm³/mol. The van der Waals surface area contributed by atoms with Crippen LogP contribution in [0.2, 0.25) is 0 Å². The van der Waals surface area contributed by atoms with Crippen LogP contribution in [-0.2, 0) is 5.60 Å². The minimum atomic E-state index is -0.851. The molecular formula is C24H25N3O2. The van der Waals surface area contributed by atoms with E-state index in [-0.39, 0.29) is 6.10 Å². The van der Waals surface area contributed by atoms with E-state index in [1.54, 1.807) is 13.8 Å². The molecule has 1 N–H and O–H groups in total. The first-order valence-electron chi connectivity index (χ1n) is 9.77. The van der Waals surface area contributed by atoms with Crippen molar-refractivity contribution in [3.63, 3.8) is 0 Å². The summed E-state index contributed by atoms with van der Waals surface area (Å²) >= 11 is 0. The lowest BCUT2D eigenvalue weighted by Crippen LogP contribution is -2.14. The Hall–Kier alpha value is -3.18. The zero-order valence-electron chi connectivity index (χ0n) is 17.1. The number of ether oxygens (including phenoxy) is 1. The molecule has 0 unspecified atom stereocenters. The molecule has 0 radical (unpaired) electrons. The Labute approximate surface area is 170 Å². The summed E-state index contributed by atoms with van der Waals surface area (Å²) in [7, 11) is 0. The molecule has 0 saturated carbocycles. The molecule has 0 amide bonds. The number of benzene rings is 3. The summed E-state index contributed by atoms with van der Waals surface area (Å²) in [6.45, 7) is 7.59. The molecule has 0 atom stereocenters. The zero-order valence-corrected chi connectivity index (χ0v) is 17.1. The largest absolute Gasteiger partial charge is 0.491 e. The first kappa shape index (κ1) is 19.2. The second-order valence-corrected chi connectivity index (χ2v) is 8.00. The Balaban J connectivity index is 1.69. The monoisotopic (exact) mass is 387 g/mol. The first-order chi connectivity index (χ1) is 13.8. The van der Waals surface area contributed by atoms with Crippen LogP contribution in [0.1, 0.15) is 33.3 Å². The highest BCUT2D eigenvalue weighted by Gasteiger charge is 2.15. The fraction of sp³-hybridized carbons (Fsp3) is 0.250. The van der Waals surface area contributed by atoms with Crippen molar-refractivity contribution in [1.29, 1.82) is 0 Å². The van der Waals surface area contributed by atoms with Crippen LogP contribution in [0.25, 0.3) is 27.8 Å². The van der Waals surface area contributed by atoms with Crippen molar-refractivity contribution in [3.05, 3.63) is 72.3 Å². The standard InChI is InChI=1S/C24H25N3O2/c1-16(2)29-21-12-10-20(11-13-21)27-23-15-18(7-14-22(23)25-26-27)17-5-8-19(9-6-17)24(3,4)28/h5-16,28H,1-4H3. The Bertz CT molecular complexity index is 1120. The average molecular weight is 387 g/mol. The SMILES string of the molecule is CC(C)Oc1ccc(-n2nnc3ccc(-c4ccc(C(C)(C)O)cc4)cc32)cc1. The molecule has 5 heteroatoms. The molecule has 0 spiro atoms. The molecule has 148 valence electrons. The van der Waals surface area contributed by atoms with Crippen molar-refractivity contribution in [2.45, 2.75) is 39.4 Å². The van der Waals surface area contributed by atoms with Crippen molar-refractivity contribution < 1.29 is 9.84 Å². The molecule has 1 heterocycles. The Morgan fingerprint density at radius 1 is 0.897 bits per heavy atom. The van der Waals surface area contributed by atoms with Crippen molar-refractivity contribution in [2.75, 3.05) is 0 Å². The van der Waals surface area contributed by atoms with E-state index < -0.39 is 5.60 Å². The number of hydrogen-bond acceptors (Lipinski definition) is 4. The van der Waals surface area contributed by atoms with Gasteiger partial charge in [-0.2, -0.15) is 0 Å². The number of aliphatic hydroxyl groups is 1. The second kappa shape index (κ2) is 7.33. The van der Waals surface area contributed by atoms with Gasteiger partial charge < -0.3 is 9.84 Å². The molecule has 0 aliphatic carbocycles. The van der Waals surface area contributed by atoms with Gasteiger partial charge in [-0.05, 0) is 80.8 Å². The van der Waals surface area contributed by atoms with Gasteiger partial charge in [-0.25, -0.2) is 4.68 Å². The topological polar surface area (TPSA) is 60.2 Å². The molecule has 29 heavy (non-hydrogen) atoms. The number of hydrogen-bond donors (Lipinski definition) is 1. The highest BCUT2D eigenvalue weighted by atomic mass is 16.5. The third kappa shape index (κ3) is 4.00. The Morgan fingerprint density at radius 3 is 2.17 bits per heavy atom. The maximum atomic E-state index is 10.2. The van der Waals surface area contributed by atoms with Gasteiger partial charge in [0.2, 0.25) is 0 Å². The van der Waals surface area contributed by atoms with Crippen LogP contribution in [0.3, 0.4) is 0 Å². The van der Waals surface area contributed by atoms with Crippen LogP contribution in [0.15, 0.2) is 66.7 Å². The van der Waals surface area contributed by atoms with Crippen LogP contribution in [0.5, 0.6) is 5.75 Å². The Kier molecular flexibility index (Phi) is 4.84. The van der Waals surface area contributed by atoms with E-state index in [2.05, 4.69) is 16.4 Å². The fourth-order valence-corrected chi connectivity index (χ4v) is 3.30. The molecule has 0 fully saturated rings. The summed E-state index contributed by atoms with van der Waals surface area (Å²) in [5.74, 6) is 0.834. The predicted octanol–water partition coefficient (Wildman–Crippen LogP) is 5.10. The Morgan fingerprint density at radius 2 is 1.55 bits per heavy atom. The second-order valence-electron chi connectivity index (χ2n) is 8.00. The quantitative estimate of drug-likeness (QED) is 0.517. The molecule has 4 rings (SSSR count). The van der Waals surface area contributed by atoms with Crippen LogP contribution in [-0.4, -0.2) is 26.2 Å². The van der Waals surface area contributed by atoms with Crippen molar-refractivity contribution in [1.82, 2.24) is 15.0 Å². The maximum Gasteiger partial charge on any atom is 0.119 e. The van der Waals surface area contributed by atoms with Gasteiger partial charge in [0.1, 0.15) is 11.3 Å². The average Bonchev–Trinajstić information content (AvgIpc) is 3.11. The zero-order chi connectivity index (χ0) is 20.6. The number of rotatable bonds is 5. The lowest BCUT2D eigenvalue weighted by atomic mass is 9.95. The van der Waals surface area contributed by atoms with Gasteiger partial charge in [-0.3, -0.25) is 0 Å². The first-order valence-corrected chi connectivity index (χ1v) is 9.77. The van der Waals surface area contributed by atoms with Gasteiger partial charge in [-0.1, -0.05) is 35.5 Å². The van der Waals surface area contributed by atoms with Crippen LogP contribution in [0, 0.1) is 0 Å². The minimum absolute atomic E-state index is 0.137. The number of aromatic nitrogens is 3. The van der Waals surface area contributed by atoms with Crippen LogP contribution < -0.4 is 4.74 Å². The number of fused-ring (bicyclic) bond motifs is 1. The molecule has 5 nitrogen and oxygen atoms in total. The molecule has 4 aromatic rings. The summed E-state index contributed by atoms with van der Waals surface area (Å²) in [6.07, 6.45) is 0.137. The smallest absolute Gasteiger partial charge is 0.119 e. The molecule has 3 aromatic carbocycles. The highest BCUT2D eigenvalue weighted by molar-refractivity contribution is 5.82. The van der Waals surface area contributed by atoms with Crippen molar-refractivity contribution >= 4 is 11.0 Å². The molecule has 0 bridgehead atoms. The van der Waals surface area contributed by atoms with E-state index in [4.69, 9.17) is 4.74 Å². The third-order valence-electron chi connectivity index (χ3n) is 4.82. The summed E-state index contributed by atoms with van der Waals surface area (Å²) < 4.78 is 7.56. The van der Waals surface area contributed by atoms with E-state index in [1.807, 2.05) is 79.2 Å². The lowest BCUT2D eigenvalue weighted by molar-refractivity contribution is 0.0786. The number of nitrogens with zero attached hydrogens (tertiary/aromatic N) is 3. The summed E-state index contributed by atoms with van der Waals surface area (Å²) in [5.41, 5.74) is 4.89. The van der Waals surface area contributed by atoms with Gasteiger partial charge in [-0.15, -0.1) is 5.10 Å². The fourth-order valence-electron chi connectivity index (χ4n) is 3.30. The molecule has 0 aliphatic rings. The molecule has 0 saturated heterocycles. The highest BCUT2D eigenvalue weighted by Crippen LogP contribution is 2.28. The van der Waals surface area contributed by atoms with Gasteiger partial charge in [0, 0.05) is 0 Å². The maximum absolute atomic E-state index is 10.2. The van der Waals surface area contributed by atoms with Crippen LogP contribution >= 0.6 is 0 Å². The van der Waals surface area contributed by atoms with Crippen molar-refractivity contribution in [2.24, 2.45) is 0 Å². The van der Waals surface area contributed by atoms with Gasteiger partial charge in [0.15, 0.2) is 0 Å². The van der Waals surface area contributed by atoms with Crippen molar-refractivity contribution in [3.8, 4) is 22.6 Å². The van der Waals surface area contributed by atoms with E-state index in [1.165, 1.54) is 0 Å². The minimum Gasteiger partial charge on any atom is -0.491 e. The molecular weight excluding hydrogens is 362 g/mol. The molecule has 0 aliphatic heterocycles. The van der Waals surface area contributed by atoms with Crippen LogP contribution in [0.4, 0.5) is 0 Å². The summed E-state index contributed by atoms with van der Waals surface area (Å²) in [5, 5.41) is 18.8. The lowest BCUT2D eigenvalue weighted by Gasteiger charge is -2.18. The normalized spacial score (nSPS) is 11.9. The van der Waals surface area contributed by atoms with E-state index in [0.29, 0.717) is 0 Å². The van der Waals surface area contributed by atoms with Gasteiger partial charge in [0.25, 0.3) is 0 Å². The summed E-state index contributed by atoms with van der Waals surface area (Å²) in [4.78, 5) is 0. The molecule has 1 aromatic heterocycles. The van der Waals surface area contributed by atoms with Gasteiger partial charge in [0.05, 0.1) is 22.9 Å².